The van der Waals surface area contributed by atoms with E-state index in [1.54, 1.807) is 0 Å². The Labute approximate surface area is 134 Å². The molecule has 0 spiro atoms. The molecule has 1 aliphatic rings. The van der Waals surface area contributed by atoms with Gasteiger partial charge in [0.1, 0.15) is 0 Å². The van der Waals surface area contributed by atoms with Crippen LogP contribution in [0.3, 0.4) is 0 Å². The second kappa shape index (κ2) is 5.99. The maximum absolute atomic E-state index is 12.7. The summed E-state index contributed by atoms with van der Waals surface area (Å²) in [5.74, 6) is -0.819. The summed E-state index contributed by atoms with van der Waals surface area (Å²) in [5, 5.41) is 9.16. The largest absolute Gasteiger partial charge is 0.416 e. The summed E-state index contributed by atoms with van der Waals surface area (Å²) < 4.78 is 39.5. The molecule has 1 saturated heterocycles. The van der Waals surface area contributed by atoms with Crippen LogP contribution < -0.4 is 10.6 Å². The number of carbonyl (C=O) groups excluding carboxylic acids is 2. The summed E-state index contributed by atoms with van der Waals surface area (Å²) in [7, 11) is 0. The predicted molar refractivity (Wildman–Crippen MR) is 78.3 cm³/mol. The molecular weight excluding hydrogens is 325 g/mol. The first-order valence-corrected chi connectivity index (χ1v) is 7.14. The number of hydrogen-bond acceptors (Lipinski definition) is 3. The average molecular weight is 338 g/mol. The van der Waals surface area contributed by atoms with Crippen molar-refractivity contribution in [3.05, 3.63) is 42.1 Å². The van der Waals surface area contributed by atoms with Crippen molar-refractivity contribution in [2.45, 2.75) is 12.6 Å². The van der Waals surface area contributed by atoms with Crippen LogP contribution in [-0.2, 0) is 15.8 Å². The van der Waals surface area contributed by atoms with Gasteiger partial charge in [-0.25, -0.2) is 4.68 Å². The molecule has 126 valence electrons. The third-order valence-electron chi connectivity index (χ3n) is 3.63. The number of aromatic nitrogens is 2. The number of rotatable bonds is 3. The topological polar surface area (TPSA) is 76.0 Å². The Bertz CT molecular complexity index is 785. The monoisotopic (exact) mass is 338 g/mol. The van der Waals surface area contributed by atoms with Crippen LogP contribution in [0.4, 0.5) is 19.0 Å². The van der Waals surface area contributed by atoms with Crippen LogP contribution in [0.5, 0.6) is 0 Å². The summed E-state index contributed by atoms with van der Waals surface area (Å²) in [4.78, 5) is 23.1. The molecule has 0 saturated carbocycles. The molecule has 1 aromatic carbocycles. The highest BCUT2D eigenvalue weighted by atomic mass is 19.4. The van der Waals surface area contributed by atoms with Gasteiger partial charge in [0.05, 0.1) is 17.2 Å². The molecule has 0 radical (unpaired) electrons. The normalized spacial score (nSPS) is 17.6. The molecule has 2 aromatic rings. The first kappa shape index (κ1) is 16.0. The smallest absolute Gasteiger partial charge is 0.355 e. The molecule has 3 rings (SSSR count). The zero-order valence-electron chi connectivity index (χ0n) is 12.3. The number of hydrogen-bond donors (Lipinski definition) is 2. The molecule has 1 atom stereocenters. The van der Waals surface area contributed by atoms with Crippen LogP contribution in [0, 0.1) is 5.92 Å². The van der Waals surface area contributed by atoms with Crippen molar-refractivity contribution in [3.63, 3.8) is 0 Å². The van der Waals surface area contributed by atoms with Gasteiger partial charge in [-0.1, -0.05) is 6.07 Å². The van der Waals surface area contributed by atoms with Gasteiger partial charge < -0.3 is 10.6 Å². The quantitative estimate of drug-likeness (QED) is 0.898. The van der Waals surface area contributed by atoms with Crippen LogP contribution >= 0.6 is 0 Å². The fourth-order valence-corrected chi connectivity index (χ4v) is 2.38. The predicted octanol–water partition coefficient (Wildman–Crippen LogP) is 1.97. The van der Waals surface area contributed by atoms with E-state index >= 15 is 0 Å². The van der Waals surface area contributed by atoms with Crippen LogP contribution in [0.1, 0.15) is 12.0 Å². The van der Waals surface area contributed by atoms with E-state index < -0.39 is 17.7 Å². The Balaban J connectivity index is 1.74. The summed E-state index contributed by atoms with van der Waals surface area (Å²) in [6.45, 7) is 0.263. The average Bonchev–Trinajstić information content (AvgIpc) is 3.16. The summed E-state index contributed by atoms with van der Waals surface area (Å²) in [6, 6.07) is 6.18. The van der Waals surface area contributed by atoms with Crippen molar-refractivity contribution < 1.29 is 22.8 Å². The minimum Gasteiger partial charge on any atom is -0.355 e. The molecule has 2 N–H and O–H groups in total. The third-order valence-corrected chi connectivity index (χ3v) is 3.63. The lowest BCUT2D eigenvalue weighted by Gasteiger charge is -2.09. The van der Waals surface area contributed by atoms with Crippen LogP contribution in [0.2, 0.25) is 0 Å². The molecule has 0 bridgehead atoms. The van der Waals surface area contributed by atoms with Gasteiger partial charge in [0.2, 0.25) is 11.8 Å². The minimum atomic E-state index is -4.44. The van der Waals surface area contributed by atoms with Gasteiger partial charge in [0.25, 0.3) is 0 Å². The fraction of sp³-hybridized carbons (Fsp3) is 0.267. The molecule has 1 unspecified atom stereocenters. The van der Waals surface area contributed by atoms with E-state index in [4.69, 9.17) is 0 Å². The maximum atomic E-state index is 12.7. The highest BCUT2D eigenvalue weighted by molar-refractivity contribution is 5.96. The van der Waals surface area contributed by atoms with Crippen LogP contribution in [0.15, 0.2) is 36.5 Å². The molecule has 9 heteroatoms. The Morgan fingerprint density at radius 2 is 2.12 bits per heavy atom. The number of halogens is 3. The van der Waals surface area contributed by atoms with Gasteiger partial charge in [-0.15, -0.1) is 0 Å². The van der Waals surface area contributed by atoms with Crippen molar-refractivity contribution in [2.75, 3.05) is 11.9 Å². The molecule has 6 nitrogen and oxygen atoms in total. The van der Waals surface area contributed by atoms with Crippen molar-refractivity contribution in [1.29, 1.82) is 0 Å². The molecular formula is C15H13F3N4O2. The maximum Gasteiger partial charge on any atom is 0.416 e. The number of nitrogens with zero attached hydrogens (tertiary/aromatic N) is 2. The molecule has 1 aromatic heterocycles. The number of nitrogens with one attached hydrogen (secondary N) is 2. The zero-order chi connectivity index (χ0) is 17.3. The van der Waals surface area contributed by atoms with E-state index in [0.29, 0.717) is 0 Å². The molecule has 2 heterocycles. The van der Waals surface area contributed by atoms with Gasteiger partial charge in [0.15, 0.2) is 5.82 Å². The minimum absolute atomic E-state index is 0.111. The van der Waals surface area contributed by atoms with E-state index in [0.717, 1.165) is 12.1 Å². The van der Waals surface area contributed by atoms with Crippen LogP contribution in [-0.4, -0.2) is 28.1 Å². The molecule has 2 amide bonds. The van der Waals surface area contributed by atoms with E-state index in [-0.39, 0.29) is 36.3 Å². The number of benzene rings is 1. The van der Waals surface area contributed by atoms with Gasteiger partial charge in [-0.2, -0.15) is 18.3 Å². The molecule has 1 fully saturated rings. The van der Waals surface area contributed by atoms with E-state index in [2.05, 4.69) is 15.7 Å². The second-order valence-electron chi connectivity index (χ2n) is 5.39. The van der Waals surface area contributed by atoms with Gasteiger partial charge in [0, 0.05) is 25.2 Å². The highest BCUT2D eigenvalue weighted by Crippen LogP contribution is 2.30. The van der Waals surface area contributed by atoms with Crippen molar-refractivity contribution >= 4 is 17.6 Å². The summed E-state index contributed by atoms with van der Waals surface area (Å²) >= 11 is 0. The molecule has 1 aliphatic heterocycles. The Morgan fingerprint density at radius 3 is 2.79 bits per heavy atom. The lowest BCUT2D eigenvalue weighted by Crippen LogP contribution is -2.24. The van der Waals surface area contributed by atoms with Crippen molar-refractivity contribution in [1.82, 2.24) is 15.1 Å². The SMILES string of the molecule is O=C1CC(C(=O)Nc2ccn(-c3cccc(C(F)(F)F)c3)n2)CN1. The zero-order valence-corrected chi connectivity index (χ0v) is 12.3. The highest BCUT2D eigenvalue weighted by Gasteiger charge is 2.31. The van der Waals surface area contributed by atoms with E-state index in [1.165, 1.54) is 29.1 Å². The Morgan fingerprint density at radius 1 is 1.33 bits per heavy atom. The molecule has 24 heavy (non-hydrogen) atoms. The van der Waals surface area contributed by atoms with Gasteiger partial charge >= 0.3 is 6.18 Å². The van der Waals surface area contributed by atoms with Crippen molar-refractivity contribution in [2.24, 2.45) is 5.92 Å². The van der Waals surface area contributed by atoms with E-state index in [9.17, 15) is 22.8 Å². The number of carbonyl (C=O) groups is 2. The van der Waals surface area contributed by atoms with E-state index in [1.807, 2.05) is 0 Å². The molecule has 0 aliphatic carbocycles. The number of amides is 2. The number of anilines is 1. The standard InChI is InChI=1S/C15H13F3N4O2/c16-15(17,18)10-2-1-3-11(7-10)22-5-4-12(21-22)20-14(24)9-6-13(23)19-8-9/h1-5,7,9H,6,8H2,(H,19,23)(H,20,21,24). The Hall–Kier alpha value is -2.84. The van der Waals surface area contributed by atoms with Crippen molar-refractivity contribution in [3.8, 4) is 5.69 Å². The first-order valence-electron chi connectivity index (χ1n) is 7.14. The first-order chi connectivity index (χ1) is 11.3. The van der Waals surface area contributed by atoms with Gasteiger partial charge in [-0.05, 0) is 18.2 Å². The lowest BCUT2D eigenvalue weighted by atomic mass is 10.1. The fourth-order valence-electron chi connectivity index (χ4n) is 2.38. The van der Waals surface area contributed by atoms with Crippen LogP contribution in [0.25, 0.3) is 5.69 Å². The van der Waals surface area contributed by atoms with Gasteiger partial charge in [-0.3, -0.25) is 9.59 Å². The second-order valence-corrected chi connectivity index (χ2v) is 5.39. The lowest BCUT2D eigenvalue weighted by molar-refractivity contribution is -0.137. The number of alkyl halides is 3. The third kappa shape index (κ3) is 3.39. The Kier molecular flexibility index (Phi) is 4.00. The summed E-state index contributed by atoms with van der Waals surface area (Å²) in [6.07, 6.45) is -2.88. The summed E-state index contributed by atoms with van der Waals surface area (Å²) in [5.41, 5.74) is -0.556.